The van der Waals surface area contributed by atoms with Gasteiger partial charge < -0.3 is 14.7 Å². The summed E-state index contributed by atoms with van der Waals surface area (Å²) in [5, 5.41) is 10.2. The monoisotopic (exact) mass is 263 g/mol. The molecular formula is C16H25NO2. The smallest absolute Gasteiger partial charge is 0.119 e. The second kappa shape index (κ2) is 7.51. The number of nitrogens with zero attached hydrogens (tertiary/aromatic N) is 1. The molecule has 106 valence electrons. The lowest BCUT2D eigenvalue weighted by atomic mass is 10.1. The molecule has 1 aromatic rings. The van der Waals surface area contributed by atoms with Crippen LogP contribution in [0.2, 0.25) is 0 Å². The van der Waals surface area contributed by atoms with Crippen LogP contribution in [0.5, 0.6) is 5.75 Å². The van der Waals surface area contributed by atoms with Gasteiger partial charge in [0.25, 0.3) is 0 Å². The van der Waals surface area contributed by atoms with Gasteiger partial charge in [-0.1, -0.05) is 18.6 Å². The molecular weight excluding hydrogens is 238 g/mol. The first-order valence-corrected chi connectivity index (χ1v) is 7.43. The van der Waals surface area contributed by atoms with Gasteiger partial charge >= 0.3 is 0 Å². The van der Waals surface area contributed by atoms with E-state index in [1.807, 2.05) is 31.2 Å². The molecule has 0 bridgehead atoms. The number of hydrogen-bond donors (Lipinski definition) is 1. The van der Waals surface area contributed by atoms with E-state index < -0.39 is 0 Å². The maximum Gasteiger partial charge on any atom is 0.119 e. The minimum Gasteiger partial charge on any atom is -0.494 e. The maximum atomic E-state index is 10.2. The molecule has 3 nitrogen and oxygen atoms in total. The van der Waals surface area contributed by atoms with Crippen LogP contribution < -0.4 is 4.74 Å². The number of ether oxygens (including phenoxy) is 1. The van der Waals surface area contributed by atoms with Gasteiger partial charge in [-0.2, -0.15) is 0 Å². The molecule has 1 aliphatic rings. The van der Waals surface area contributed by atoms with E-state index in [9.17, 15) is 5.11 Å². The SMILES string of the molecule is CCOc1ccc(C(O)CCN2CCCCC2)cc1. The van der Waals surface area contributed by atoms with Crippen molar-refractivity contribution in [1.82, 2.24) is 4.90 Å². The van der Waals surface area contributed by atoms with Crippen LogP contribution in [-0.4, -0.2) is 36.2 Å². The topological polar surface area (TPSA) is 32.7 Å². The van der Waals surface area contributed by atoms with Crippen molar-refractivity contribution in [2.75, 3.05) is 26.2 Å². The molecule has 1 fully saturated rings. The van der Waals surface area contributed by atoms with E-state index in [1.54, 1.807) is 0 Å². The molecule has 0 spiro atoms. The summed E-state index contributed by atoms with van der Waals surface area (Å²) in [4.78, 5) is 2.46. The number of benzene rings is 1. The normalized spacial score (nSPS) is 18.2. The number of rotatable bonds is 6. The minimum absolute atomic E-state index is 0.363. The maximum absolute atomic E-state index is 10.2. The summed E-state index contributed by atoms with van der Waals surface area (Å²) >= 11 is 0. The average molecular weight is 263 g/mol. The van der Waals surface area contributed by atoms with Gasteiger partial charge in [0.2, 0.25) is 0 Å². The second-order valence-corrected chi connectivity index (χ2v) is 5.21. The predicted molar refractivity (Wildman–Crippen MR) is 77.5 cm³/mol. The minimum atomic E-state index is -0.363. The van der Waals surface area contributed by atoms with E-state index in [4.69, 9.17) is 4.74 Å². The van der Waals surface area contributed by atoms with Gasteiger partial charge in [0.1, 0.15) is 5.75 Å². The first kappa shape index (κ1) is 14.4. The zero-order valence-corrected chi connectivity index (χ0v) is 11.8. The number of likely N-dealkylation sites (tertiary alicyclic amines) is 1. The van der Waals surface area contributed by atoms with Crippen molar-refractivity contribution >= 4 is 0 Å². The Morgan fingerprint density at radius 2 is 1.84 bits per heavy atom. The number of piperidine rings is 1. The Balaban J connectivity index is 1.79. The molecule has 0 aliphatic carbocycles. The van der Waals surface area contributed by atoms with Gasteiger partial charge in [0.05, 0.1) is 12.7 Å². The summed E-state index contributed by atoms with van der Waals surface area (Å²) in [6.45, 7) is 6.03. The summed E-state index contributed by atoms with van der Waals surface area (Å²) in [7, 11) is 0. The zero-order chi connectivity index (χ0) is 13.5. The van der Waals surface area contributed by atoms with Crippen molar-refractivity contribution in [3.8, 4) is 5.75 Å². The van der Waals surface area contributed by atoms with Crippen LogP contribution in [0.15, 0.2) is 24.3 Å². The summed E-state index contributed by atoms with van der Waals surface area (Å²) < 4.78 is 5.41. The van der Waals surface area contributed by atoms with Crippen LogP contribution in [0.25, 0.3) is 0 Å². The van der Waals surface area contributed by atoms with Gasteiger partial charge in [-0.15, -0.1) is 0 Å². The quantitative estimate of drug-likeness (QED) is 0.856. The number of aliphatic hydroxyl groups excluding tert-OH is 1. The van der Waals surface area contributed by atoms with Crippen molar-refractivity contribution < 1.29 is 9.84 Å². The van der Waals surface area contributed by atoms with Crippen molar-refractivity contribution in [2.24, 2.45) is 0 Å². The fourth-order valence-electron chi connectivity index (χ4n) is 2.61. The Bertz CT molecular complexity index is 358. The Labute approximate surface area is 116 Å². The summed E-state index contributed by atoms with van der Waals surface area (Å²) in [6, 6.07) is 7.80. The second-order valence-electron chi connectivity index (χ2n) is 5.21. The molecule has 1 atom stereocenters. The zero-order valence-electron chi connectivity index (χ0n) is 11.8. The fraction of sp³-hybridized carbons (Fsp3) is 0.625. The van der Waals surface area contributed by atoms with Crippen molar-refractivity contribution in [3.63, 3.8) is 0 Å². The third-order valence-electron chi connectivity index (χ3n) is 3.74. The third-order valence-corrected chi connectivity index (χ3v) is 3.74. The summed E-state index contributed by atoms with van der Waals surface area (Å²) in [5.74, 6) is 0.870. The van der Waals surface area contributed by atoms with E-state index in [-0.39, 0.29) is 6.10 Å². The van der Waals surface area contributed by atoms with Crippen molar-refractivity contribution in [3.05, 3.63) is 29.8 Å². The van der Waals surface area contributed by atoms with E-state index in [0.29, 0.717) is 6.61 Å². The van der Waals surface area contributed by atoms with Crippen LogP contribution in [0.3, 0.4) is 0 Å². The Morgan fingerprint density at radius 1 is 1.16 bits per heavy atom. The number of hydrogen-bond acceptors (Lipinski definition) is 3. The summed E-state index contributed by atoms with van der Waals surface area (Å²) in [6.07, 6.45) is 4.42. The van der Waals surface area contributed by atoms with E-state index >= 15 is 0 Å². The predicted octanol–water partition coefficient (Wildman–Crippen LogP) is 2.99. The van der Waals surface area contributed by atoms with Crippen LogP contribution >= 0.6 is 0 Å². The molecule has 1 heterocycles. The molecule has 1 aromatic carbocycles. The molecule has 0 amide bonds. The van der Waals surface area contributed by atoms with E-state index in [0.717, 1.165) is 24.3 Å². The van der Waals surface area contributed by atoms with Gasteiger partial charge in [-0.05, 0) is 57.0 Å². The Kier molecular flexibility index (Phi) is 5.67. The van der Waals surface area contributed by atoms with Gasteiger partial charge in [-0.3, -0.25) is 0 Å². The molecule has 19 heavy (non-hydrogen) atoms. The van der Waals surface area contributed by atoms with Crippen LogP contribution in [0.4, 0.5) is 0 Å². The lowest BCUT2D eigenvalue weighted by Gasteiger charge is -2.27. The molecule has 0 radical (unpaired) electrons. The van der Waals surface area contributed by atoms with Crippen LogP contribution in [0.1, 0.15) is 44.3 Å². The lowest BCUT2D eigenvalue weighted by molar-refractivity contribution is 0.134. The largest absolute Gasteiger partial charge is 0.494 e. The molecule has 3 heteroatoms. The van der Waals surface area contributed by atoms with Crippen LogP contribution in [0, 0.1) is 0 Å². The molecule has 1 N–H and O–H groups in total. The first-order chi connectivity index (χ1) is 9.29. The first-order valence-electron chi connectivity index (χ1n) is 7.43. The molecule has 1 unspecified atom stereocenters. The van der Waals surface area contributed by atoms with Crippen molar-refractivity contribution in [1.29, 1.82) is 0 Å². The highest BCUT2D eigenvalue weighted by Gasteiger charge is 2.13. The van der Waals surface area contributed by atoms with E-state index in [2.05, 4.69) is 4.90 Å². The molecule has 0 saturated carbocycles. The van der Waals surface area contributed by atoms with Gasteiger partial charge in [0.15, 0.2) is 0 Å². The van der Waals surface area contributed by atoms with Crippen molar-refractivity contribution in [2.45, 2.75) is 38.7 Å². The summed E-state index contributed by atoms with van der Waals surface area (Å²) in [5.41, 5.74) is 0.987. The Hall–Kier alpha value is -1.06. The molecule has 1 aliphatic heterocycles. The fourth-order valence-corrected chi connectivity index (χ4v) is 2.61. The lowest BCUT2D eigenvalue weighted by Crippen LogP contribution is -2.31. The van der Waals surface area contributed by atoms with E-state index in [1.165, 1.54) is 32.4 Å². The molecule has 1 saturated heterocycles. The highest BCUT2D eigenvalue weighted by atomic mass is 16.5. The van der Waals surface area contributed by atoms with Gasteiger partial charge in [0, 0.05) is 6.54 Å². The highest BCUT2D eigenvalue weighted by Crippen LogP contribution is 2.21. The Morgan fingerprint density at radius 3 is 2.47 bits per heavy atom. The third kappa shape index (κ3) is 4.51. The highest BCUT2D eigenvalue weighted by molar-refractivity contribution is 5.28. The number of aliphatic hydroxyl groups is 1. The van der Waals surface area contributed by atoms with Gasteiger partial charge in [-0.25, -0.2) is 0 Å². The molecule has 0 aromatic heterocycles. The average Bonchev–Trinajstić information content (AvgIpc) is 2.47. The molecule has 2 rings (SSSR count). The standard InChI is InChI=1S/C16H25NO2/c1-2-19-15-8-6-14(7-9-15)16(18)10-13-17-11-4-3-5-12-17/h6-9,16,18H,2-5,10-13H2,1H3. The van der Waals surface area contributed by atoms with Crippen LogP contribution in [-0.2, 0) is 0 Å².